The molecule has 12 heavy (non-hydrogen) atoms. The van der Waals surface area contributed by atoms with E-state index in [1.807, 2.05) is 32.1 Å². The van der Waals surface area contributed by atoms with Crippen LogP contribution >= 0.6 is 0 Å². The molecule has 0 unspecified atom stereocenters. The Hall–Kier alpha value is -1.11. The molecule has 0 aliphatic carbocycles. The quantitative estimate of drug-likeness (QED) is 0.596. The third-order valence-corrected chi connectivity index (χ3v) is 1.89. The van der Waals surface area contributed by atoms with Crippen molar-refractivity contribution in [1.29, 1.82) is 0 Å². The van der Waals surface area contributed by atoms with Gasteiger partial charge in [-0.3, -0.25) is 0 Å². The van der Waals surface area contributed by atoms with Crippen LogP contribution in [0, 0.1) is 19.7 Å². The van der Waals surface area contributed by atoms with E-state index in [1.54, 1.807) is 13.0 Å². The highest BCUT2D eigenvalue weighted by molar-refractivity contribution is 5.54. The van der Waals surface area contributed by atoms with E-state index in [0.29, 0.717) is 5.56 Å². The average Bonchev–Trinajstić information content (AvgIpc) is 2.01. The molecule has 0 saturated heterocycles. The zero-order valence-electron chi connectivity index (χ0n) is 7.69. The minimum Gasteiger partial charge on any atom is -0.207 e. The zero-order valence-corrected chi connectivity index (χ0v) is 7.69. The van der Waals surface area contributed by atoms with Crippen LogP contribution in [-0.2, 0) is 0 Å². The van der Waals surface area contributed by atoms with Crippen LogP contribution in [0.15, 0.2) is 18.2 Å². The second kappa shape index (κ2) is 3.53. The molecule has 0 bridgehead atoms. The van der Waals surface area contributed by atoms with E-state index < -0.39 is 0 Å². The molecule has 0 radical (unpaired) electrons. The first kappa shape index (κ1) is 8.98. The van der Waals surface area contributed by atoms with Gasteiger partial charge >= 0.3 is 0 Å². The van der Waals surface area contributed by atoms with Crippen LogP contribution in [0.2, 0.25) is 0 Å². The van der Waals surface area contributed by atoms with Crippen LogP contribution in [0.4, 0.5) is 4.39 Å². The monoisotopic (exact) mass is 164 g/mol. The summed E-state index contributed by atoms with van der Waals surface area (Å²) in [6.07, 6.45) is 3.95. The van der Waals surface area contributed by atoms with Gasteiger partial charge in [-0.2, -0.15) is 0 Å². The van der Waals surface area contributed by atoms with E-state index in [2.05, 4.69) is 0 Å². The second-order valence-corrected chi connectivity index (χ2v) is 2.96. The van der Waals surface area contributed by atoms with Crippen molar-refractivity contribution in [1.82, 2.24) is 0 Å². The van der Waals surface area contributed by atoms with Crippen molar-refractivity contribution < 1.29 is 4.39 Å². The lowest BCUT2D eigenvalue weighted by atomic mass is 10.0. The first-order valence-corrected chi connectivity index (χ1v) is 4.04. The lowest BCUT2D eigenvalue weighted by Gasteiger charge is -2.02. The lowest BCUT2D eigenvalue weighted by Crippen LogP contribution is -1.87. The van der Waals surface area contributed by atoms with Gasteiger partial charge in [0.15, 0.2) is 0 Å². The number of halogens is 1. The Labute approximate surface area is 72.7 Å². The van der Waals surface area contributed by atoms with Crippen LogP contribution in [0.5, 0.6) is 0 Å². The maximum Gasteiger partial charge on any atom is 0.126 e. The molecule has 1 heteroatoms. The van der Waals surface area contributed by atoms with Gasteiger partial charge in [0.2, 0.25) is 0 Å². The molecule has 64 valence electrons. The minimum absolute atomic E-state index is 0.124. The summed E-state index contributed by atoms with van der Waals surface area (Å²) in [5.41, 5.74) is 2.78. The number of rotatable bonds is 1. The van der Waals surface area contributed by atoms with E-state index >= 15 is 0 Å². The van der Waals surface area contributed by atoms with Gasteiger partial charge in [-0.15, -0.1) is 0 Å². The summed E-state index contributed by atoms with van der Waals surface area (Å²) >= 11 is 0. The van der Waals surface area contributed by atoms with E-state index in [9.17, 15) is 4.39 Å². The summed E-state index contributed by atoms with van der Waals surface area (Å²) in [7, 11) is 0. The predicted octanol–water partition coefficient (Wildman–Crippen LogP) is 3.48. The maximum atomic E-state index is 13.0. The summed E-state index contributed by atoms with van der Waals surface area (Å²) in [6.45, 7) is 5.65. The summed E-state index contributed by atoms with van der Waals surface area (Å²) < 4.78 is 13.0. The van der Waals surface area contributed by atoms with E-state index in [4.69, 9.17) is 0 Å². The molecule has 0 N–H and O–H groups in total. The van der Waals surface area contributed by atoms with Gasteiger partial charge in [0.25, 0.3) is 0 Å². The van der Waals surface area contributed by atoms with Crippen molar-refractivity contribution in [2.45, 2.75) is 20.8 Å². The molecular weight excluding hydrogens is 151 g/mol. The van der Waals surface area contributed by atoms with Crippen molar-refractivity contribution >= 4 is 6.08 Å². The van der Waals surface area contributed by atoms with Gasteiger partial charge < -0.3 is 0 Å². The van der Waals surface area contributed by atoms with Crippen LogP contribution < -0.4 is 0 Å². The Morgan fingerprint density at radius 2 is 1.83 bits per heavy atom. The summed E-state index contributed by atoms with van der Waals surface area (Å²) in [5.74, 6) is -0.124. The first-order valence-electron chi connectivity index (χ1n) is 4.04. The van der Waals surface area contributed by atoms with Crippen molar-refractivity contribution in [2.24, 2.45) is 0 Å². The SMILES string of the molecule is C/C=C/c1cc(C)c(F)cc1C. The van der Waals surface area contributed by atoms with E-state index in [-0.39, 0.29) is 5.82 Å². The Morgan fingerprint density at radius 1 is 1.17 bits per heavy atom. The van der Waals surface area contributed by atoms with E-state index in [0.717, 1.165) is 11.1 Å². The normalized spacial score (nSPS) is 11.0. The third kappa shape index (κ3) is 1.73. The first-order chi connectivity index (χ1) is 5.65. The highest BCUT2D eigenvalue weighted by Crippen LogP contribution is 2.15. The molecule has 0 aromatic heterocycles. The number of hydrogen-bond donors (Lipinski definition) is 0. The molecule has 0 fully saturated rings. The molecule has 0 heterocycles. The number of aryl methyl sites for hydroxylation is 2. The highest BCUT2D eigenvalue weighted by Gasteiger charge is 2.00. The van der Waals surface area contributed by atoms with Gasteiger partial charge in [0.05, 0.1) is 0 Å². The molecule has 0 spiro atoms. The number of benzene rings is 1. The second-order valence-electron chi connectivity index (χ2n) is 2.96. The molecule has 0 amide bonds. The molecule has 1 aromatic carbocycles. The molecule has 0 aliphatic rings. The third-order valence-electron chi connectivity index (χ3n) is 1.89. The Bertz CT molecular complexity index is 311. The molecule has 1 aromatic rings. The highest BCUT2D eigenvalue weighted by atomic mass is 19.1. The van der Waals surface area contributed by atoms with Gasteiger partial charge in [-0.25, -0.2) is 4.39 Å². The Kier molecular flexibility index (Phi) is 2.64. The lowest BCUT2D eigenvalue weighted by molar-refractivity contribution is 0.617. The largest absolute Gasteiger partial charge is 0.207 e. The average molecular weight is 164 g/mol. The zero-order chi connectivity index (χ0) is 9.14. The molecule has 0 atom stereocenters. The standard InChI is InChI=1S/C11H13F/c1-4-5-10-6-9(3)11(12)7-8(10)2/h4-7H,1-3H3/b5-4+. The minimum atomic E-state index is -0.124. The van der Waals surface area contributed by atoms with E-state index in [1.165, 1.54) is 0 Å². The van der Waals surface area contributed by atoms with Crippen LogP contribution in [-0.4, -0.2) is 0 Å². The van der Waals surface area contributed by atoms with Crippen LogP contribution in [0.25, 0.3) is 6.08 Å². The van der Waals surface area contributed by atoms with Gasteiger partial charge in [0.1, 0.15) is 5.82 Å². The molecular formula is C11H13F. The molecule has 0 saturated carbocycles. The number of hydrogen-bond acceptors (Lipinski definition) is 0. The van der Waals surface area contributed by atoms with Gasteiger partial charge in [-0.1, -0.05) is 12.2 Å². The van der Waals surface area contributed by atoms with Crippen molar-refractivity contribution in [3.05, 3.63) is 40.7 Å². The smallest absolute Gasteiger partial charge is 0.126 e. The molecule has 0 nitrogen and oxygen atoms in total. The molecule has 1 rings (SSSR count). The fourth-order valence-corrected chi connectivity index (χ4v) is 1.16. The number of allylic oxidation sites excluding steroid dienone is 1. The van der Waals surface area contributed by atoms with Gasteiger partial charge in [-0.05, 0) is 49.6 Å². The van der Waals surface area contributed by atoms with Crippen molar-refractivity contribution in [2.75, 3.05) is 0 Å². The summed E-state index contributed by atoms with van der Waals surface area (Å²) in [5, 5.41) is 0. The fourth-order valence-electron chi connectivity index (χ4n) is 1.16. The Balaban J connectivity index is 3.23. The summed E-state index contributed by atoms with van der Waals surface area (Å²) in [6, 6.07) is 3.44. The van der Waals surface area contributed by atoms with Crippen LogP contribution in [0.1, 0.15) is 23.6 Å². The summed E-state index contributed by atoms with van der Waals surface area (Å²) in [4.78, 5) is 0. The van der Waals surface area contributed by atoms with Gasteiger partial charge in [0, 0.05) is 0 Å². The predicted molar refractivity (Wildman–Crippen MR) is 50.6 cm³/mol. The van der Waals surface area contributed by atoms with Crippen molar-refractivity contribution in [3.63, 3.8) is 0 Å². The van der Waals surface area contributed by atoms with Crippen LogP contribution in [0.3, 0.4) is 0 Å². The maximum absolute atomic E-state index is 13.0. The molecule has 0 aliphatic heterocycles. The van der Waals surface area contributed by atoms with Crippen molar-refractivity contribution in [3.8, 4) is 0 Å². The fraction of sp³-hybridized carbons (Fsp3) is 0.273. The topological polar surface area (TPSA) is 0 Å². The Morgan fingerprint density at radius 3 is 2.42 bits per heavy atom.